The Hall–Kier alpha value is -2.95. The number of hydrogen-bond acceptors (Lipinski definition) is 4. The third-order valence-electron chi connectivity index (χ3n) is 5.06. The van der Waals surface area contributed by atoms with Gasteiger partial charge in [-0.2, -0.15) is 5.10 Å². The standard InChI is InChI=1S/C22H22N2O3/c25-21(24-12-11-20(23-24)18-5-2-1-3-6-18)15-27-22(26)14-16-9-10-17-7-4-8-19(17)13-16/h1-3,5-6,9-10,13H,4,7-8,11-12,14-15H2. The van der Waals surface area contributed by atoms with E-state index in [9.17, 15) is 9.59 Å². The van der Waals surface area contributed by atoms with Gasteiger partial charge in [0.05, 0.1) is 18.7 Å². The summed E-state index contributed by atoms with van der Waals surface area (Å²) in [6, 6.07) is 16.0. The number of amides is 1. The first-order valence-corrected chi connectivity index (χ1v) is 9.38. The highest BCUT2D eigenvalue weighted by Crippen LogP contribution is 2.23. The van der Waals surface area contributed by atoms with Crippen molar-refractivity contribution >= 4 is 17.6 Å². The third kappa shape index (κ3) is 4.08. The van der Waals surface area contributed by atoms with E-state index >= 15 is 0 Å². The van der Waals surface area contributed by atoms with E-state index in [4.69, 9.17) is 4.74 Å². The van der Waals surface area contributed by atoms with Gasteiger partial charge in [0.2, 0.25) is 0 Å². The van der Waals surface area contributed by atoms with Crippen LogP contribution in [0.15, 0.2) is 53.6 Å². The Morgan fingerprint density at radius 3 is 2.67 bits per heavy atom. The van der Waals surface area contributed by atoms with Crippen molar-refractivity contribution in [3.8, 4) is 0 Å². The number of benzene rings is 2. The van der Waals surface area contributed by atoms with E-state index in [1.807, 2.05) is 36.4 Å². The minimum Gasteiger partial charge on any atom is -0.455 e. The predicted molar refractivity (Wildman–Crippen MR) is 102 cm³/mol. The summed E-state index contributed by atoms with van der Waals surface area (Å²) in [6.45, 7) is 0.251. The number of carbonyl (C=O) groups excluding carboxylic acids is 2. The molecule has 1 aliphatic heterocycles. The van der Waals surface area contributed by atoms with Crippen LogP contribution in [0.2, 0.25) is 0 Å². The average Bonchev–Trinajstić information content (AvgIpc) is 3.36. The molecular formula is C22H22N2O3. The van der Waals surface area contributed by atoms with Gasteiger partial charge in [-0.3, -0.25) is 9.59 Å². The highest BCUT2D eigenvalue weighted by molar-refractivity contribution is 6.02. The van der Waals surface area contributed by atoms with E-state index in [2.05, 4.69) is 17.2 Å². The summed E-state index contributed by atoms with van der Waals surface area (Å²) in [6.07, 6.45) is 4.28. The van der Waals surface area contributed by atoms with Crippen LogP contribution in [-0.2, 0) is 33.6 Å². The fourth-order valence-corrected chi connectivity index (χ4v) is 3.64. The van der Waals surface area contributed by atoms with Crippen molar-refractivity contribution < 1.29 is 14.3 Å². The lowest BCUT2D eigenvalue weighted by Gasteiger charge is -2.11. The zero-order valence-electron chi connectivity index (χ0n) is 15.2. The van der Waals surface area contributed by atoms with Crippen molar-refractivity contribution in [3.63, 3.8) is 0 Å². The number of nitrogens with zero attached hydrogens (tertiary/aromatic N) is 2. The second-order valence-electron chi connectivity index (χ2n) is 6.97. The topological polar surface area (TPSA) is 59.0 Å². The van der Waals surface area contributed by atoms with Crippen molar-refractivity contribution in [1.29, 1.82) is 0 Å². The molecule has 4 rings (SSSR count). The van der Waals surface area contributed by atoms with Crippen LogP contribution in [0.1, 0.15) is 35.1 Å². The molecule has 27 heavy (non-hydrogen) atoms. The van der Waals surface area contributed by atoms with Crippen LogP contribution >= 0.6 is 0 Å². The molecule has 0 spiro atoms. The summed E-state index contributed by atoms with van der Waals surface area (Å²) < 4.78 is 5.18. The van der Waals surface area contributed by atoms with Crippen molar-refractivity contribution in [2.24, 2.45) is 5.10 Å². The molecule has 0 bridgehead atoms. The summed E-state index contributed by atoms with van der Waals surface area (Å²) in [5, 5.41) is 5.76. The number of hydrazone groups is 1. The molecule has 0 saturated carbocycles. The van der Waals surface area contributed by atoms with Gasteiger partial charge < -0.3 is 4.74 Å². The Labute approximate surface area is 158 Å². The molecule has 2 aromatic carbocycles. The number of aryl methyl sites for hydroxylation is 2. The number of rotatable bonds is 5. The number of fused-ring (bicyclic) bond motifs is 1. The van der Waals surface area contributed by atoms with Crippen LogP contribution in [-0.4, -0.2) is 35.7 Å². The maximum absolute atomic E-state index is 12.3. The third-order valence-corrected chi connectivity index (χ3v) is 5.06. The molecule has 2 aromatic rings. The fourth-order valence-electron chi connectivity index (χ4n) is 3.64. The zero-order chi connectivity index (χ0) is 18.6. The Morgan fingerprint density at radius 2 is 1.81 bits per heavy atom. The van der Waals surface area contributed by atoms with Gasteiger partial charge >= 0.3 is 5.97 Å². The maximum Gasteiger partial charge on any atom is 0.310 e. The van der Waals surface area contributed by atoms with Crippen LogP contribution in [0.25, 0.3) is 0 Å². The van der Waals surface area contributed by atoms with Crippen LogP contribution in [0.3, 0.4) is 0 Å². The van der Waals surface area contributed by atoms with Crippen molar-refractivity contribution in [2.45, 2.75) is 32.1 Å². The molecule has 0 fully saturated rings. The molecular weight excluding hydrogens is 340 g/mol. The van der Waals surface area contributed by atoms with E-state index in [1.165, 1.54) is 22.6 Å². The molecule has 0 radical (unpaired) electrons. The van der Waals surface area contributed by atoms with Crippen molar-refractivity contribution in [3.05, 3.63) is 70.8 Å². The minimum absolute atomic E-state index is 0.194. The Kier molecular flexibility index (Phi) is 5.01. The average molecular weight is 362 g/mol. The molecule has 0 N–H and O–H groups in total. The first-order valence-electron chi connectivity index (χ1n) is 9.38. The molecule has 1 aliphatic carbocycles. The van der Waals surface area contributed by atoms with Crippen LogP contribution < -0.4 is 0 Å². The summed E-state index contributed by atoms with van der Waals surface area (Å²) in [5.41, 5.74) is 5.55. The Morgan fingerprint density at radius 1 is 1.00 bits per heavy atom. The number of carbonyl (C=O) groups is 2. The maximum atomic E-state index is 12.3. The van der Waals surface area contributed by atoms with E-state index in [0.29, 0.717) is 13.0 Å². The first kappa shape index (κ1) is 17.5. The molecule has 0 atom stereocenters. The van der Waals surface area contributed by atoms with Gasteiger partial charge in [-0.05, 0) is 41.5 Å². The summed E-state index contributed by atoms with van der Waals surface area (Å²) in [5.74, 6) is -0.670. The largest absolute Gasteiger partial charge is 0.455 e. The lowest BCUT2D eigenvalue weighted by molar-refractivity contribution is -0.151. The van der Waals surface area contributed by atoms with Gasteiger partial charge in [-0.15, -0.1) is 0 Å². The number of esters is 1. The van der Waals surface area contributed by atoms with E-state index in [1.54, 1.807) is 0 Å². The van der Waals surface area contributed by atoms with Gasteiger partial charge in [0.1, 0.15) is 0 Å². The molecule has 1 amide bonds. The molecule has 0 saturated heterocycles. The van der Waals surface area contributed by atoms with E-state index in [-0.39, 0.29) is 24.9 Å². The number of ether oxygens (including phenoxy) is 1. The fraction of sp³-hybridized carbons (Fsp3) is 0.318. The predicted octanol–water partition coefficient (Wildman–Crippen LogP) is 2.90. The van der Waals surface area contributed by atoms with Gasteiger partial charge in [0.15, 0.2) is 6.61 Å². The quantitative estimate of drug-likeness (QED) is 0.769. The normalized spacial score (nSPS) is 15.4. The van der Waals surface area contributed by atoms with Crippen LogP contribution in [0.5, 0.6) is 0 Å². The number of hydrogen-bond donors (Lipinski definition) is 0. The second kappa shape index (κ2) is 7.74. The highest BCUT2D eigenvalue weighted by Gasteiger charge is 2.22. The van der Waals surface area contributed by atoms with E-state index in [0.717, 1.165) is 29.7 Å². The molecule has 2 aliphatic rings. The first-order chi connectivity index (χ1) is 13.2. The smallest absolute Gasteiger partial charge is 0.310 e. The summed E-state index contributed by atoms with van der Waals surface area (Å²) in [7, 11) is 0. The Bertz CT molecular complexity index is 890. The van der Waals surface area contributed by atoms with Crippen molar-refractivity contribution in [1.82, 2.24) is 5.01 Å². The SMILES string of the molecule is O=C(Cc1ccc2c(c1)CCC2)OCC(=O)N1CCC(c2ccccc2)=N1. The summed E-state index contributed by atoms with van der Waals surface area (Å²) in [4.78, 5) is 24.4. The van der Waals surface area contributed by atoms with Gasteiger partial charge in [0.25, 0.3) is 5.91 Å². The van der Waals surface area contributed by atoms with Gasteiger partial charge in [-0.25, -0.2) is 5.01 Å². The zero-order valence-corrected chi connectivity index (χ0v) is 15.2. The van der Waals surface area contributed by atoms with Crippen LogP contribution in [0.4, 0.5) is 0 Å². The molecule has 5 nitrogen and oxygen atoms in total. The molecule has 5 heteroatoms. The second-order valence-corrected chi connectivity index (χ2v) is 6.97. The van der Waals surface area contributed by atoms with Crippen LogP contribution in [0, 0.1) is 0 Å². The molecule has 138 valence electrons. The summed E-state index contributed by atoms with van der Waals surface area (Å²) >= 11 is 0. The van der Waals surface area contributed by atoms with Gasteiger partial charge in [-0.1, -0.05) is 48.5 Å². The molecule has 1 heterocycles. The Balaban J connectivity index is 1.29. The lowest BCUT2D eigenvalue weighted by Crippen LogP contribution is -2.29. The highest BCUT2D eigenvalue weighted by atomic mass is 16.5. The van der Waals surface area contributed by atoms with Gasteiger partial charge in [0, 0.05) is 6.42 Å². The van der Waals surface area contributed by atoms with Crippen molar-refractivity contribution in [2.75, 3.05) is 13.2 Å². The monoisotopic (exact) mass is 362 g/mol. The molecule has 0 aromatic heterocycles. The minimum atomic E-state index is -0.382. The molecule has 0 unspecified atom stereocenters. The van der Waals surface area contributed by atoms with E-state index < -0.39 is 0 Å². The lowest BCUT2D eigenvalue weighted by atomic mass is 10.0.